The van der Waals surface area contributed by atoms with E-state index in [1.807, 2.05) is 0 Å². The second-order valence-electron chi connectivity index (χ2n) is 7.89. The largest absolute Gasteiger partial charge is 0.493 e. The van der Waals surface area contributed by atoms with Crippen molar-refractivity contribution in [2.75, 3.05) is 13.7 Å². The Morgan fingerprint density at radius 3 is 2.78 bits per heavy atom. The van der Waals surface area contributed by atoms with Crippen LogP contribution in [-0.2, 0) is 4.79 Å². The van der Waals surface area contributed by atoms with Gasteiger partial charge in [0.15, 0.2) is 23.9 Å². The van der Waals surface area contributed by atoms with Crippen LogP contribution >= 0.6 is 27.5 Å². The van der Waals surface area contributed by atoms with E-state index in [2.05, 4.69) is 26.0 Å². The van der Waals surface area contributed by atoms with Crippen LogP contribution in [0.25, 0.3) is 33.5 Å². The van der Waals surface area contributed by atoms with E-state index in [9.17, 15) is 9.59 Å². The quantitative estimate of drug-likeness (QED) is 0.271. The van der Waals surface area contributed by atoms with Crippen molar-refractivity contribution in [2.45, 2.75) is 0 Å². The van der Waals surface area contributed by atoms with Crippen LogP contribution < -0.4 is 20.8 Å². The molecule has 5 rings (SSSR count). The number of nitrogens with zero attached hydrogens (tertiary/aromatic N) is 3. The van der Waals surface area contributed by atoms with Gasteiger partial charge in [-0.05, 0) is 64.5 Å². The van der Waals surface area contributed by atoms with Gasteiger partial charge in [0.05, 0.1) is 24.2 Å². The maximum Gasteiger partial charge on any atom is 0.282 e. The minimum Gasteiger partial charge on any atom is -0.493 e. The molecule has 0 saturated heterocycles. The molecule has 2 aromatic heterocycles. The number of furan rings is 1. The highest BCUT2D eigenvalue weighted by atomic mass is 79.9. The zero-order chi connectivity index (χ0) is 26.1. The van der Waals surface area contributed by atoms with Crippen molar-refractivity contribution >= 4 is 61.5 Å². The number of fused-ring (bicyclic) bond motifs is 2. The summed E-state index contributed by atoms with van der Waals surface area (Å²) >= 11 is 9.60. The van der Waals surface area contributed by atoms with Gasteiger partial charge in [-0.15, -0.1) is 0 Å². The summed E-state index contributed by atoms with van der Waals surface area (Å²) in [6, 6.07) is 17.3. The normalized spacial score (nSPS) is 11.4. The van der Waals surface area contributed by atoms with Gasteiger partial charge in [0.25, 0.3) is 11.5 Å². The lowest BCUT2D eigenvalue weighted by molar-refractivity contribution is -0.119. The summed E-state index contributed by atoms with van der Waals surface area (Å²) in [6.07, 6.45) is 1.48. The molecule has 0 saturated carbocycles. The number of halogens is 2. The molecule has 0 unspecified atom stereocenters. The number of carbonyl (C=O) groups is 1. The second kappa shape index (κ2) is 10.1. The molecule has 0 spiro atoms. The molecular formula is C26H18BrClN4O5. The standard InChI is InChI=1S/C26H18BrClN4O5/c1-35-21-10-15(18(27)11-22(21)36-13-24(29)33)12-30-32-25(31-19-5-3-2-4-17(19)26(32)34)23-9-14-8-16(28)6-7-20(14)37-23/h2-12H,13H2,1H3,(H2,29,33). The number of carbonyl (C=O) groups excluding carboxylic acids is 1. The number of rotatable bonds is 7. The predicted octanol–water partition coefficient (Wildman–Crippen LogP) is 4.98. The first-order valence-electron chi connectivity index (χ1n) is 10.9. The van der Waals surface area contributed by atoms with Crippen LogP contribution in [0.5, 0.6) is 11.5 Å². The molecule has 0 fully saturated rings. The minimum absolute atomic E-state index is 0.219. The van der Waals surface area contributed by atoms with Crippen LogP contribution in [0.2, 0.25) is 5.02 Å². The monoisotopic (exact) mass is 580 g/mol. The lowest BCUT2D eigenvalue weighted by Crippen LogP contribution is -2.20. The number of para-hydroxylation sites is 1. The maximum atomic E-state index is 13.5. The molecule has 0 bridgehead atoms. The fraction of sp³-hybridized carbons (Fsp3) is 0.0769. The highest BCUT2D eigenvalue weighted by Gasteiger charge is 2.17. The number of hydrogen-bond donors (Lipinski definition) is 1. The number of primary amides is 1. The van der Waals surface area contributed by atoms with E-state index >= 15 is 0 Å². The van der Waals surface area contributed by atoms with Crippen LogP contribution in [0, 0.1) is 0 Å². The fourth-order valence-corrected chi connectivity index (χ4v) is 4.31. The molecule has 0 aliphatic carbocycles. The Balaban J connectivity index is 1.64. The van der Waals surface area contributed by atoms with Crippen molar-refractivity contribution in [1.82, 2.24) is 9.66 Å². The molecule has 3 aromatic carbocycles. The SMILES string of the molecule is COc1cc(C=Nn2c(-c3cc4cc(Cl)ccc4o3)nc3ccccc3c2=O)c(Br)cc1OCC(N)=O. The molecule has 5 aromatic rings. The Morgan fingerprint density at radius 1 is 1.19 bits per heavy atom. The van der Waals surface area contributed by atoms with Crippen LogP contribution in [0.3, 0.4) is 0 Å². The van der Waals surface area contributed by atoms with Gasteiger partial charge in [-0.25, -0.2) is 4.98 Å². The van der Waals surface area contributed by atoms with Crippen LogP contribution in [-0.4, -0.2) is 35.5 Å². The van der Waals surface area contributed by atoms with Crippen LogP contribution in [0.4, 0.5) is 0 Å². The Morgan fingerprint density at radius 2 is 2.00 bits per heavy atom. The Bertz CT molecular complexity index is 1760. The van der Waals surface area contributed by atoms with E-state index in [0.29, 0.717) is 48.8 Å². The van der Waals surface area contributed by atoms with Gasteiger partial charge < -0.3 is 19.6 Å². The summed E-state index contributed by atoms with van der Waals surface area (Å²) < 4.78 is 18.5. The van der Waals surface area contributed by atoms with Gasteiger partial charge in [-0.1, -0.05) is 23.7 Å². The number of hydrogen-bond acceptors (Lipinski definition) is 7. The summed E-state index contributed by atoms with van der Waals surface area (Å²) in [5.41, 5.74) is 6.47. The van der Waals surface area contributed by atoms with Crippen molar-refractivity contribution < 1.29 is 18.7 Å². The van der Waals surface area contributed by atoms with E-state index < -0.39 is 5.91 Å². The predicted molar refractivity (Wildman–Crippen MR) is 145 cm³/mol. The van der Waals surface area contributed by atoms with Crippen molar-refractivity contribution in [3.63, 3.8) is 0 Å². The maximum absolute atomic E-state index is 13.5. The number of ether oxygens (including phenoxy) is 2. The number of aromatic nitrogens is 2. The van der Waals surface area contributed by atoms with Crippen molar-refractivity contribution in [3.05, 3.63) is 86.1 Å². The van der Waals surface area contributed by atoms with Crippen LogP contribution in [0.15, 0.2) is 79.4 Å². The lowest BCUT2D eigenvalue weighted by Gasteiger charge is -2.12. The van der Waals surface area contributed by atoms with Crippen molar-refractivity contribution in [3.8, 4) is 23.1 Å². The highest BCUT2D eigenvalue weighted by Crippen LogP contribution is 2.33. The number of nitrogens with two attached hydrogens (primary N) is 1. The molecule has 2 heterocycles. The second-order valence-corrected chi connectivity index (χ2v) is 9.18. The third kappa shape index (κ3) is 4.93. The first kappa shape index (κ1) is 24.5. The number of amides is 1. The summed E-state index contributed by atoms with van der Waals surface area (Å²) in [4.78, 5) is 29.2. The molecule has 37 heavy (non-hydrogen) atoms. The third-order valence-electron chi connectivity index (χ3n) is 5.42. The fourth-order valence-electron chi connectivity index (χ4n) is 3.71. The lowest BCUT2D eigenvalue weighted by atomic mass is 10.2. The summed E-state index contributed by atoms with van der Waals surface area (Å²) in [5, 5.41) is 6.18. The molecule has 11 heteroatoms. The molecule has 0 aliphatic rings. The molecule has 0 aliphatic heterocycles. The highest BCUT2D eigenvalue weighted by molar-refractivity contribution is 9.10. The molecule has 186 valence electrons. The molecule has 9 nitrogen and oxygen atoms in total. The van der Waals surface area contributed by atoms with E-state index in [-0.39, 0.29) is 18.0 Å². The number of methoxy groups -OCH3 is 1. The molecule has 1 amide bonds. The average molecular weight is 582 g/mol. The van der Waals surface area contributed by atoms with Crippen molar-refractivity contribution in [2.24, 2.45) is 10.8 Å². The Hall–Kier alpha value is -4.15. The molecule has 0 atom stereocenters. The number of benzene rings is 3. The zero-order valence-electron chi connectivity index (χ0n) is 19.3. The van der Waals surface area contributed by atoms with E-state index in [1.54, 1.807) is 60.7 Å². The van der Waals surface area contributed by atoms with Gasteiger partial charge in [0, 0.05) is 20.4 Å². The Labute approximate surface area is 223 Å². The third-order valence-corrected chi connectivity index (χ3v) is 6.34. The minimum atomic E-state index is -0.618. The summed E-state index contributed by atoms with van der Waals surface area (Å²) in [7, 11) is 1.46. The van der Waals surface area contributed by atoms with E-state index in [4.69, 9.17) is 31.2 Å². The Kier molecular flexibility index (Phi) is 6.68. The first-order chi connectivity index (χ1) is 17.8. The van der Waals surface area contributed by atoms with Crippen molar-refractivity contribution in [1.29, 1.82) is 0 Å². The van der Waals surface area contributed by atoms with E-state index in [0.717, 1.165) is 5.39 Å². The van der Waals surface area contributed by atoms with Gasteiger partial charge in [0.1, 0.15) is 5.58 Å². The molecule has 2 N–H and O–H groups in total. The smallest absolute Gasteiger partial charge is 0.282 e. The zero-order valence-corrected chi connectivity index (χ0v) is 21.6. The van der Waals surface area contributed by atoms with E-state index in [1.165, 1.54) is 18.0 Å². The van der Waals surface area contributed by atoms with Gasteiger partial charge in [-0.3, -0.25) is 9.59 Å². The summed E-state index contributed by atoms with van der Waals surface area (Å²) in [6.45, 7) is -0.305. The topological polar surface area (TPSA) is 122 Å². The average Bonchev–Trinajstić information content (AvgIpc) is 3.30. The first-order valence-corrected chi connectivity index (χ1v) is 12.1. The van der Waals surface area contributed by atoms with Crippen LogP contribution in [0.1, 0.15) is 5.56 Å². The molecule has 0 radical (unpaired) electrons. The van der Waals surface area contributed by atoms with Gasteiger partial charge >= 0.3 is 0 Å². The van der Waals surface area contributed by atoms with Gasteiger partial charge in [0.2, 0.25) is 5.82 Å². The summed E-state index contributed by atoms with van der Waals surface area (Å²) in [5.74, 6) is 0.619. The molecular weight excluding hydrogens is 564 g/mol. The van der Waals surface area contributed by atoms with Gasteiger partial charge in [-0.2, -0.15) is 9.78 Å².